The normalized spacial score (nSPS) is 21.8. The van der Waals surface area contributed by atoms with Crippen LogP contribution < -0.4 is 10.6 Å². The predicted molar refractivity (Wildman–Crippen MR) is 79.2 cm³/mol. The van der Waals surface area contributed by atoms with E-state index in [9.17, 15) is 4.79 Å². The second-order valence-electron chi connectivity index (χ2n) is 5.78. The first kappa shape index (κ1) is 12.6. The summed E-state index contributed by atoms with van der Waals surface area (Å²) in [5, 5.41) is 9.81. The van der Waals surface area contributed by atoms with Crippen LogP contribution in [-0.4, -0.2) is 18.5 Å². The van der Waals surface area contributed by atoms with Gasteiger partial charge in [-0.2, -0.15) is 0 Å². The van der Waals surface area contributed by atoms with Crippen molar-refractivity contribution in [2.75, 3.05) is 6.54 Å². The Labute approximate surface area is 117 Å². The molecule has 1 atom stereocenters. The van der Waals surface area contributed by atoms with Gasteiger partial charge >= 0.3 is 0 Å². The second-order valence-corrected chi connectivity index (χ2v) is 6.69. The van der Waals surface area contributed by atoms with Crippen molar-refractivity contribution in [2.24, 2.45) is 5.41 Å². The number of fused-ring (bicyclic) bond motifs is 1. The maximum Gasteiger partial charge on any atom is 0.237 e. The van der Waals surface area contributed by atoms with Gasteiger partial charge in [0.25, 0.3) is 0 Å². The molecule has 1 fully saturated rings. The van der Waals surface area contributed by atoms with Crippen molar-refractivity contribution >= 4 is 27.3 Å². The molecule has 1 aliphatic heterocycles. The van der Waals surface area contributed by atoms with Gasteiger partial charge in [0.1, 0.15) is 0 Å². The summed E-state index contributed by atoms with van der Waals surface area (Å²) in [4.78, 5) is 11.8. The number of carbonyl (C=O) groups excluding carboxylic acids is 1. The Kier molecular flexibility index (Phi) is 3.07. The average Bonchev–Trinajstić information content (AvgIpc) is 2.90. The maximum atomic E-state index is 11.8. The molecule has 3 nitrogen and oxygen atoms in total. The lowest BCUT2D eigenvalue weighted by atomic mass is 9.87. The molecule has 0 radical (unpaired) electrons. The standard InChI is InChI=1S/C15H18N2OS/c1-15(2)9-17-14(18)13(15)16-7-10-8-19-12-6-4-3-5-11(10)12/h3-6,8,13,16H,7,9H2,1-2H3,(H,17,18). The molecule has 100 valence electrons. The molecule has 2 heterocycles. The molecule has 0 aliphatic carbocycles. The highest BCUT2D eigenvalue weighted by Crippen LogP contribution is 2.28. The Hall–Kier alpha value is -1.39. The van der Waals surface area contributed by atoms with Crippen molar-refractivity contribution in [3.8, 4) is 0 Å². The first-order valence-electron chi connectivity index (χ1n) is 6.54. The summed E-state index contributed by atoms with van der Waals surface area (Å²) in [6, 6.07) is 8.29. The molecule has 3 rings (SSSR count). The molecule has 1 aromatic heterocycles. The highest BCUT2D eigenvalue weighted by Gasteiger charge is 2.40. The van der Waals surface area contributed by atoms with Crippen molar-refractivity contribution < 1.29 is 4.79 Å². The highest BCUT2D eigenvalue weighted by molar-refractivity contribution is 7.17. The van der Waals surface area contributed by atoms with E-state index in [4.69, 9.17) is 0 Å². The third kappa shape index (κ3) is 2.26. The SMILES string of the molecule is CC1(C)CNC(=O)C1NCc1csc2ccccc12. The van der Waals surface area contributed by atoms with Crippen LogP contribution in [0.5, 0.6) is 0 Å². The minimum absolute atomic E-state index is 0.0249. The van der Waals surface area contributed by atoms with Crippen LogP contribution in [0.25, 0.3) is 10.1 Å². The lowest BCUT2D eigenvalue weighted by Gasteiger charge is -2.24. The van der Waals surface area contributed by atoms with Crippen molar-refractivity contribution in [2.45, 2.75) is 26.4 Å². The number of benzene rings is 1. The van der Waals surface area contributed by atoms with Crippen molar-refractivity contribution in [1.82, 2.24) is 10.6 Å². The minimum atomic E-state index is -0.105. The van der Waals surface area contributed by atoms with Gasteiger partial charge in [-0.05, 0) is 22.4 Å². The molecule has 1 saturated heterocycles. The zero-order chi connectivity index (χ0) is 13.5. The predicted octanol–water partition coefficient (Wildman–Crippen LogP) is 2.52. The van der Waals surface area contributed by atoms with Gasteiger partial charge in [0.15, 0.2) is 0 Å². The monoisotopic (exact) mass is 274 g/mol. The van der Waals surface area contributed by atoms with E-state index in [-0.39, 0.29) is 17.4 Å². The largest absolute Gasteiger partial charge is 0.354 e. The van der Waals surface area contributed by atoms with Gasteiger partial charge in [-0.1, -0.05) is 32.0 Å². The fraction of sp³-hybridized carbons (Fsp3) is 0.400. The van der Waals surface area contributed by atoms with Crippen molar-refractivity contribution in [3.05, 3.63) is 35.2 Å². The second kappa shape index (κ2) is 4.62. The van der Waals surface area contributed by atoms with Crippen LogP contribution in [0.3, 0.4) is 0 Å². The number of rotatable bonds is 3. The smallest absolute Gasteiger partial charge is 0.237 e. The lowest BCUT2D eigenvalue weighted by Crippen LogP contribution is -2.43. The Morgan fingerprint density at radius 3 is 2.95 bits per heavy atom. The third-order valence-corrected chi connectivity index (χ3v) is 4.83. The first-order valence-corrected chi connectivity index (χ1v) is 7.42. The number of carbonyl (C=O) groups is 1. The van der Waals surface area contributed by atoms with E-state index in [0.29, 0.717) is 0 Å². The zero-order valence-corrected chi connectivity index (χ0v) is 12.0. The van der Waals surface area contributed by atoms with Crippen LogP contribution >= 0.6 is 11.3 Å². The number of amides is 1. The molecule has 2 aromatic rings. The van der Waals surface area contributed by atoms with Gasteiger partial charge in [-0.15, -0.1) is 11.3 Å². The maximum absolute atomic E-state index is 11.8. The summed E-state index contributed by atoms with van der Waals surface area (Å²) in [7, 11) is 0. The third-order valence-electron chi connectivity index (χ3n) is 3.82. The van der Waals surface area contributed by atoms with Gasteiger partial charge in [0.05, 0.1) is 6.04 Å². The molecule has 1 unspecified atom stereocenters. The zero-order valence-electron chi connectivity index (χ0n) is 11.2. The Morgan fingerprint density at radius 2 is 2.21 bits per heavy atom. The van der Waals surface area contributed by atoms with Gasteiger partial charge in [0.2, 0.25) is 5.91 Å². The van der Waals surface area contributed by atoms with Crippen LogP contribution in [0.15, 0.2) is 29.6 Å². The molecule has 19 heavy (non-hydrogen) atoms. The number of nitrogens with one attached hydrogen (secondary N) is 2. The topological polar surface area (TPSA) is 41.1 Å². The van der Waals surface area contributed by atoms with E-state index in [1.54, 1.807) is 11.3 Å². The van der Waals surface area contributed by atoms with E-state index in [2.05, 4.69) is 54.1 Å². The van der Waals surface area contributed by atoms with Crippen molar-refractivity contribution in [1.29, 1.82) is 0 Å². The molecule has 1 aliphatic rings. The summed E-state index contributed by atoms with van der Waals surface area (Å²) in [6.07, 6.45) is 0. The molecule has 1 amide bonds. The van der Waals surface area contributed by atoms with Crippen LogP contribution in [0.1, 0.15) is 19.4 Å². The number of hydrogen-bond donors (Lipinski definition) is 2. The summed E-state index contributed by atoms with van der Waals surface area (Å²) in [5.74, 6) is 0.115. The Bertz CT molecular complexity index is 617. The number of thiophene rings is 1. The molecule has 0 bridgehead atoms. The molecular formula is C15H18N2OS. The van der Waals surface area contributed by atoms with E-state index < -0.39 is 0 Å². The fourth-order valence-corrected chi connectivity index (χ4v) is 3.59. The molecule has 4 heteroatoms. The Balaban J connectivity index is 1.78. The van der Waals surface area contributed by atoms with Crippen LogP contribution in [0.2, 0.25) is 0 Å². The van der Waals surface area contributed by atoms with Crippen LogP contribution in [0, 0.1) is 5.41 Å². The summed E-state index contributed by atoms with van der Waals surface area (Å²) < 4.78 is 1.30. The molecule has 0 spiro atoms. The van der Waals surface area contributed by atoms with Crippen LogP contribution in [-0.2, 0) is 11.3 Å². The van der Waals surface area contributed by atoms with E-state index in [1.807, 2.05) is 0 Å². The average molecular weight is 274 g/mol. The summed E-state index contributed by atoms with van der Waals surface area (Å²) >= 11 is 1.76. The lowest BCUT2D eigenvalue weighted by molar-refractivity contribution is -0.121. The van der Waals surface area contributed by atoms with Gasteiger partial charge in [0, 0.05) is 23.2 Å². The van der Waals surface area contributed by atoms with Gasteiger partial charge < -0.3 is 10.6 Å². The van der Waals surface area contributed by atoms with Crippen molar-refractivity contribution in [3.63, 3.8) is 0 Å². The van der Waals surface area contributed by atoms with E-state index >= 15 is 0 Å². The number of hydrogen-bond acceptors (Lipinski definition) is 3. The molecule has 1 aromatic carbocycles. The van der Waals surface area contributed by atoms with Crippen LogP contribution in [0.4, 0.5) is 0 Å². The fourth-order valence-electron chi connectivity index (χ4n) is 2.62. The molecular weight excluding hydrogens is 256 g/mol. The summed E-state index contributed by atoms with van der Waals surface area (Å²) in [5.41, 5.74) is 1.25. The Morgan fingerprint density at radius 1 is 1.42 bits per heavy atom. The molecule has 2 N–H and O–H groups in total. The minimum Gasteiger partial charge on any atom is -0.354 e. The van der Waals surface area contributed by atoms with E-state index in [1.165, 1.54) is 15.6 Å². The van der Waals surface area contributed by atoms with E-state index in [0.717, 1.165) is 13.1 Å². The quantitative estimate of drug-likeness (QED) is 0.903. The van der Waals surface area contributed by atoms with Gasteiger partial charge in [-0.25, -0.2) is 0 Å². The molecule has 0 saturated carbocycles. The first-order chi connectivity index (χ1) is 9.08. The summed E-state index contributed by atoms with van der Waals surface area (Å²) in [6.45, 7) is 5.72. The van der Waals surface area contributed by atoms with Gasteiger partial charge in [-0.3, -0.25) is 4.79 Å². The highest BCUT2D eigenvalue weighted by atomic mass is 32.1.